The standard InChI is InChI=1S/C13H12ClNO2/c1-9-2-4-10(5-3-9)8-15-13(16)11-6-7-17-12(11)14/h2-7H,8H2,1H3,(H,15,16). The number of furan rings is 1. The van der Waals surface area contributed by atoms with Crippen LogP contribution < -0.4 is 5.32 Å². The summed E-state index contributed by atoms with van der Waals surface area (Å²) >= 11 is 5.71. The molecule has 0 unspecified atom stereocenters. The number of benzene rings is 1. The Balaban J connectivity index is 1.97. The summed E-state index contributed by atoms with van der Waals surface area (Å²) in [5.74, 6) is -0.232. The van der Waals surface area contributed by atoms with E-state index < -0.39 is 0 Å². The number of aryl methyl sites for hydroxylation is 1. The first-order valence-corrected chi connectivity index (χ1v) is 5.61. The Kier molecular flexibility index (Phi) is 3.49. The van der Waals surface area contributed by atoms with E-state index in [9.17, 15) is 4.79 Å². The van der Waals surface area contributed by atoms with Crippen molar-refractivity contribution in [3.63, 3.8) is 0 Å². The Morgan fingerprint density at radius 1 is 1.29 bits per heavy atom. The van der Waals surface area contributed by atoms with E-state index in [0.29, 0.717) is 12.1 Å². The van der Waals surface area contributed by atoms with E-state index in [1.807, 2.05) is 31.2 Å². The number of hydrogen-bond acceptors (Lipinski definition) is 2. The molecule has 0 spiro atoms. The van der Waals surface area contributed by atoms with Crippen LogP contribution in [0.2, 0.25) is 5.22 Å². The average molecular weight is 250 g/mol. The highest BCUT2D eigenvalue weighted by Gasteiger charge is 2.12. The second kappa shape index (κ2) is 5.06. The molecule has 0 aliphatic rings. The van der Waals surface area contributed by atoms with Crippen molar-refractivity contribution in [3.8, 4) is 0 Å². The van der Waals surface area contributed by atoms with Crippen LogP contribution in [0.15, 0.2) is 41.0 Å². The highest BCUT2D eigenvalue weighted by Crippen LogP contribution is 2.16. The highest BCUT2D eigenvalue weighted by molar-refractivity contribution is 6.32. The lowest BCUT2D eigenvalue weighted by molar-refractivity contribution is 0.0950. The van der Waals surface area contributed by atoms with Gasteiger partial charge in [-0.3, -0.25) is 4.79 Å². The van der Waals surface area contributed by atoms with Gasteiger partial charge in [0.2, 0.25) is 5.22 Å². The summed E-state index contributed by atoms with van der Waals surface area (Å²) in [6.07, 6.45) is 1.39. The molecule has 3 nitrogen and oxygen atoms in total. The van der Waals surface area contributed by atoms with E-state index in [4.69, 9.17) is 16.0 Å². The zero-order valence-electron chi connectivity index (χ0n) is 9.37. The quantitative estimate of drug-likeness (QED) is 0.908. The second-order valence-corrected chi connectivity index (χ2v) is 4.12. The molecule has 17 heavy (non-hydrogen) atoms. The van der Waals surface area contributed by atoms with Crippen LogP contribution in [0.3, 0.4) is 0 Å². The minimum Gasteiger partial charge on any atom is -0.452 e. The average Bonchev–Trinajstić information content (AvgIpc) is 2.74. The molecule has 0 bridgehead atoms. The minimum atomic E-state index is -0.232. The van der Waals surface area contributed by atoms with E-state index in [2.05, 4.69) is 5.32 Å². The van der Waals surface area contributed by atoms with Crippen molar-refractivity contribution in [1.29, 1.82) is 0 Å². The molecule has 0 aliphatic carbocycles. The Morgan fingerprint density at radius 2 is 2.00 bits per heavy atom. The maximum atomic E-state index is 11.7. The van der Waals surface area contributed by atoms with Crippen molar-refractivity contribution in [2.24, 2.45) is 0 Å². The van der Waals surface area contributed by atoms with Crippen molar-refractivity contribution >= 4 is 17.5 Å². The summed E-state index contributed by atoms with van der Waals surface area (Å²) in [6.45, 7) is 2.49. The summed E-state index contributed by atoms with van der Waals surface area (Å²) in [5.41, 5.74) is 2.60. The monoisotopic (exact) mass is 249 g/mol. The molecule has 0 saturated heterocycles. The zero-order chi connectivity index (χ0) is 12.3. The molecular formula is C13H12ClNO2. The molecule has 0 atom stereocenters. The predicted molar refractivity (Wildman–Crippen MR) is 66.1 cm³/mol. The summed E-state index contributed by atoms with van der Waals surface area (Å²) in [6, 6.07) is 9.52. The molecule has 1 amide bonds. The molecule has 0 radical (unpaired) electrons. The van der Waals surface area contributed by atoms with Crippen LogP contribution in [0, 0.1) is 6.92 Å². The third-order valence-corrected chi connectivity index (χ3v) is 2.73. The van der Waals surface area contributed by atoms with Gasteiger partial charge < -0.3 is 9.73 Å². The molecule has 1 aromatic carbocycles. The number of rotatable bonds is 3. The maximum Gasteiger partial charge on any atom is 0.256 e. The lowest BCUT2D eigenvalue weighted by atomic mass is 10.1. The predicted octanol–water partition coefficient (Wildman–Crippen LogP) is 3.17. The van der Waals surface area contributed by atoms with Crippen molar-refractivity contribution in [2.45, 2.75) is 13.5 Å². The second-order valence-electron chi connectivity index (χ2n) is 3.78. The van der Waals surface area contributed by atoms with Crippen LogP contribution >= 0.6 is 11.6 Å². The fraction of sp³-hybridized carbons (Fsp3) is 0.154. The van der Waals surface area contributed by atoms with E-state index in [1.54, 1.807) is 6.07 Å². The van der Waals surface area contributed by atoms with Crippen LogP contribution in [0.4, 0.5) is 0 Å². The van der Waals surface area contributed by atoms with Crippen molar-refractivity contribution in [2.75, 3.05) is 0 Å². The first-order chi connectivity index (χ1) is 8.16. The minimum absolute atomic E-state index is 0.117. The smallest absolute Gasteiger partial charge is 0.256 e. The van der Waals surface area contributed by atoms with Gasteiger partial charge in [-0.25, -0.2) is 0 Å². The Hall–Kier alpha value is -1.74. The van der Waals surface area contributed by atoms with Crippen LogP contribution in [-0.2, 0) is 6.54 Å². The van der Waals surface area contributed by atoms with Crippen molar-refractivity contribution in [1.82, 2.24) is 5.32 Å². The highest BCUT2D eigenvalue weighted by atomic mass is 35.5. The molecule has 0 fully saturated rings. The zero-order valence-corrected chi connectivity index (χ0v) is 10.1. The molecule has 2 rings (SSSR count). The molecule has 1 N–H and O–H groups in total. The van der Waals surface area contributed by atoms with E-state index in [1.165, 1.54) is 11.8 Å². The van der Waals surface area contributed by atoms with Gasteiger partial charge >= 0.3 is 0 Å². The van der Waals surface area contributed by atoms with Crippen LogP contribution in [0.1, 0.15) is 21.5 Å². The summed E-state index contributed by atoms with van der Waals surface area (Å²) < 4.78 is 4.86. The largest absolute Gasteiger partial charge is 0.452 e. The van der Waals surface area contributed by atoms with E-state index in [0.717, 1.165) is 5.56 Å². The Bertz CT molecular complexity index is 516. The fourth-order valence-corrected chi connectivity index (χ4v) is 1.64. The third-order valence-electron chi connectivity index (χ3n) is 2.44. The SMILES string of the molecule is Cc1ccc(CNC(=O)c2ccoc2Cl)cc1. The van der Waals surface area contributed by atoms with Crippen molar-refractivity contribution < 1.29 is 9.21 Å². The van der Waals surface area contributed by atoms with Gasteiger partial charge in [-0.2, -0.15) is 0 Å². The number of carbonyl (C=O) groups excluding carboxylic acids is 1. The molecule has 1 aromatic heterocycles. The molecule has 1 heterocycles. The number of hydrogen-bond donors (Lipinski definition) is 1. The number of amides is 1. The topological polar surface area (TPSA) is 42.2 Å². The maximum absolute atomic E-state index is 11.7. The molecule has 88 valence electrons. The van der Waals surface area contributed by atoms with Gasteiger partial charge in [0, 0.05) is 6.54 Å². The molecular weight excluding hydrogens is 238 g/mol. The third kappa shape index (κ3) is 2.88. The summed E-state index contributed by atoms with van der Waals surface area (Å²) in [5, 5.41) is 2.90. The van der Waals surface area contributed by atoms with Crippen LogP contribution in [0.5, 0.6) is 0 Å². The van der Waals surface area contributed by atoms with Crippen LogP contribution in [-0.4, -0.2) is 5.91 Å². The molecule has 0 aliphatic heterocycles. The van der Waals surface area contributed by atoms with Gasteiger partial charge in [0.05, 0.1) is 11.8 Å². The molecule has 2 aromatic rings. The van der Waals surface area contributed by atoms with Gasteiger partial charge in [0.15, 0.2) is 0 Å². The van der Waals surface area contributed by atoms with Gasteiger partial charge in [-0.1, -0.05) is 29.8 Å². The number of carbonyl (C=O) groups is 1. The summed E-state index contributed by atoms with van der Waals surface area (Å²) in [7, 11) is 0. The van der Waals surface area contributed by atoms with Gasteiger partial charge in [0.1, 0.15) is 0 Å². The fourth-order valence-electron chi connectivity index (χ4n) is 1.44. The van der Waals surface area contributed by atoms with E-state index in [-0.39, 0.29) is 11.1 Å². The molecule has 0 saturated carbocycles. The lowest BCUT2D eigenvalue weighted by Gasteiger charge is -2.04. The van der Waals surface area contributed by atoms with Crippen molar-refractivity contribution in [3.05, 3.63) is 58.5 Å². The van der Waals surface area contributed by atoms with Gasteiger partial charge in [-0.15, -0.1) is 0 Å². The normalized spacial score (nSPS) is 10.2. The summed E-state index contributed by atoms with van der Waals surface area (Å²) in [4.78, 5) is 11.7. The number of nitrogens with one attached hydrogen (secondary N) is 1. The van der Waals surface area contributed by atoms with Crippen LogP contribution in [0.25, 0.3) is 0 Å². The lowest BCUT2D eigenvalue weighted by Crippen LogP contribution is -2.22. The first-order valence-electron chi connectivity index (χ1n) is 5.23. The van der Waals surface area contributed by atoms with E-state index >= 15 is 0 Å². The number of halogens is 1. The first kappa shape index (κ1) is 11.7. The Morgan fingerprint density at radius 3 is 2.59 bits per heavy atom. The van der Waals surface area contributed by atoms with Gasteiger partial charge in [0.25, 0.3) is 5.91 Å². The van der Waals surface area contributed by atoms with Gasteiger partial charge in [-0.05, 0) is 30.2 Å². The molecule has 4 heteroatoms. The Labute approximate surface area is 104 Å².